The van der Waals surface area contributed by atoms with Crippen molar-refractivity contribution in [2.24, 2.45) is 0 Å². The van der Waals surface area contributed by atoms with Crippen molar-refractivity contribution >= 4 is 22.7 Å². The number of fused-ring (bicyclic) bond motifs is 3. The molecule has 0 unspecified atom stereocenters. The van der Waals surface area contributed by atoms with Crippen molar-refractivity contribution in [1.82, 2.24) is 4.72 Å². The first kappa shape index (κ1) is 7.42. The fraction of sp³-hybridized carbons (Fsp3) is 0.0909. The van der Waals surface area contributed by atoms with Gasteiger partial charge in [-0.05, 0) is 34.4 Å². The maximum Gasteiger partial charge on any atom is 0.0331 e. The van der Waals surface area contributed by atoms with Crippen LogP contribution in [0.15, 0.2) is 41.3 Å². The van der Waals surface area contributed by atoms with E-state index in [2.05, 4.69) is 41.1 Å². The van der Waals surface area contributed by atoms with Gasteiger partial charge in [0.2, 0.25) is 0 Å². The lowest BCUT2D eigenvalue weighted by molar-refractivity contribution is 1.01. The molecular formula is C11H9NS. The van der Waals surface area contributed by atoms with Crippen LogP contribution in [0.3, 0.4) is 0 Å². The van der Waals surface area contributed by atoms with Gasteiger partial charge in [-0.2, -0.15) is 0 Å². The third kappa shape index (κ3) is 1.06. The van der Waals surface area contributed by atoms with E-state index in [4.69, 9.17) is 0 Å². The zero-order valence-corrected chi connectivity index (χ0v) is 7.90. The summed E-state index contributed by atoms with van der Waals surface area (Å²) in [4.78, 5) is 1.37. The molecule has 0 amide bonds. The van der Waals surface area contributed by atoms with Crippen molar-refractivity contribution in [3.05, 3.63) is 42.0 Å². The summed E-state index contributed by atoms with van der Waals surface area (Å²) in [7, 11) is 0. The Morgan fingerprint density at radius 3 is 3.00 bits per heavy atom. The van der Waals surface area contributed by atoms with E-state index in [0.717, 1.165) is 6.54 Å². The van der Waals surface area contributed by atoms with E-state index in [0.29, 0.717) is 0 Å². The number of rotatable bonds is 0. The molecule has 0 saturated carbocycles. The van der Waals surface area contributed by atoms with Gasteiger partial charge in [0.05, 0.1) is 0 Å². The number of hydrogen-bond donors (Lipinski definition) is 1. The average molecular weight is 187 g/mol. The quantitative estimate of drug-likeness (QED) is 0.636. The zero-order chi connectivity index (χ0) is 8.67. The molecule has 2 aromatic rings. The minimum absolute atomic E-state index is 0.987. The van der Waals surface area contributed by atoms with Crippen molar-refractivity contribution in [2.75, 3.05) is 0 Å². The standard InChI is InChI=1S/C11H9NS/c1-2-4-9-8(3-1)5-6-11-10(9)7-12-13-11/h1-6,12H,7H2. The van der Waals surface area contributed by atoms with Gasteiger partial charge < -0.3 is 0 Å². The topological polar surface area (TPSA) is 12.0 Å². The third-order valence-corrected chi connectivity index (χ3v) is 3.32. The minimum atomic E-state index is 0.987. The first-order chi connectivity index (χ1) is 6.45. The van der Waals surface area contributed by atoms with Gasteiger partial charge in [-0.25, -0.2) is 0 Å². The fourth-order valence-electron chi connectivity index (χ4n) is 1.78. The van der Waals surface area contributed by atoms with Gasteiger partial charge in [-0.1, -0.05) is 30.3 Å². The number of hydrogen-bond acceptors (Lipinski definition) is 2. The predicted molar refractivity (Wildman–Crippen MR) is 56.6 cm³/mol. The lowest BCUT2D eigenvalue weighted by atomic mass is 10.0. The van der Waals surface area contributed by atoms with E-state index in [-0.39, 0.29) is 0 Å². The molecule has 2 aromatic carbocycles. The van der Waals surface area contributed by atoms with Gasteiger partial charge in [0.15, 0.2) is 0 Å². The van der Waals surface area contributed by atoms with Crippen molar-refractivity contribution in [2.45, 2.75) is 11.4 Å². The largest absolute Gasteiger partial charge is 0.255 e. The third-order valence-electron chi connectivity index (χ3n) is 2.43. The molecule has 1 heterocycles. The first-order valence-electron chi connectivity index (χ1n) is 4.35. The molecule has 3 rings (SSSR count). The summed E-state index contributed by atoms with van der Waals surface area (Å²) in [5.74, 6) is 0. The summed E-state index contributed by atoms with van der Waals surface area (Å²) in [5.41, 5.74) is 1.45. The Balaban J connectivity index is 2.43. The second-order valence-corrected chi connectivity index (χ2v) is 4.12. The Bertz CT molecular complexity index is 465. The Morgan fingerprint density at radius 2 is 2.00 bits per heavy atom. The lowest BCUT2D eigenvalue weighted by Crippen LogP contribution is -1.92. The number of benzene rings is 2. The van der Waals surface area contributed by atoms with Crippen LogP contribution in [0.25, 0.3) is 10.8 Å². The van der Waals surface area contributed by atoms with E-state index in [1.165, 1.54) is 21.2 Å². The molecule has 1 nitrogen and oxygen atoms in total. The summed E-state index contributed by atoms with van der Waals surface area (Å²) in [5, 5.41) is 2.73. The smallest absolute Gasteiger partial charge is 0.0331 e. The molecule has 0 radical (unpaired) electrons. The monoisotopic (exact) mass is 187 g/mol. The van der Waals surface area contributed by atoms with Gasteiger partial charge in [0.25, 0.3) is 0 Å². The molecule has 0 aromatic heterocycles. The van der Waals surface area contributed by atoms with Gasteiger partial charge in [-0.15, -0.1) is 0 Å². The summed E-state index contributed by atoms with van der Waals surface area (Å²) >= 11 is 1.73. The van der Waals surface area contributed by atoms with Crippen LogP contribution in [-0.4, -0.2) is 0 Å². The lowest BCUT2D eigenvalue weighted by Gasteiger charge is -2.02. The highest BCUT2D eigenvalue weighted by molar-refractivity contribution is 7.97. The van der Waals surface area contributed by atoms with E-state index in [1.807, 2.05) is 0 Å². The summed E-state index contributed by atoms with van der Waals surface area (Å²) in [6.45, 7) is 0.987. The van der Waals surface area contributed by atoms with Crippen LogP contribution in [0, 0.1) is 0 Å². The molecule has 0 bridgehead atoms. The molecule has 2 heteroatoms. The summed E-state index contributed by atoms with van der Waals surface area (Å²) in [6.07, 6.45) is 0. The highest BCUT2D eigenvalue weighted by Gasteiger charge is 2.12. The molecule has 0 spiro atoms. The molecule has 0 saturated heterocycles. The molecule has 1 N–H and O–H groups in total. The van der Waals surface area contributed by atoms with Gasteiger partial charge in [0, 0.05) is 11.4 Å². The van der Waals surface area contributed by atoms with Gasteiger partial charge in [0.1, 0.15) is 0 Å². The molecule has 1 aliphatic rings. The van der Waals surface area contributed by atoms with Crippen LogP contribution in [0.5, 0.6) is 0 Å². The number of nitrogens with one attached hydrogen (secondary N) is 1. The maximum atomic E-state index is 3.30. The highest BCUT2D eigenvalue weighted by atomic mass is 32.2. The van der Waals surface area contributed by atoms with E-state index in [9.17, 15) is 0 Å². The van der Waals surface area contributed by atoms with Crippen LogP contribution in [0.2, 0.25) is 0 Å². The van der Waals surface area contributed by atoms with Crippen LogP contribution in [0.1, 0.15) is 5.56 Å². The van der Waals surface area contributed by atoms with Crippen molar-refractivity contribution < 1.29 is 0 Å². The molecule has 13 heavy (non-hydrogen) atoms. The Morgan fingerprint density at radius 1 is 1.08 bits per heavy atom. The van der Waals surface area contributed by atoms with E-state index < -0.39 is 0 Å². The Labute approximate surface area is 81.3 Å². The van der Waals surface area contributed by atoms with Gasteiger partial charge >= 0.3 is 0 Å². The SMILES string of the molecule is c1ccc2c3c(ccc2c1)SNC3. The first-order valence-corrected chi connectivity index (χ1v) is 5.17. The van der Waals surface area contributed by atoms with Crippen molar-refractivity contribution in [1.29, 1.82) is 0 Å². The Hall–Kier alpha value is -0.990. The van der Waals surface area contributed by atoms with Crippen LogP contribution in [0.4, 0.5) is 0 Å². The molecule has 0 fully saturated rings. The maximum absolute atomic E-state index is 3.30. The Kier molecular flexibility index (Phi) is 1.57. The van der Waals surface area contributed by atoms with Gasteiger partial charge in [-0.3, -0.25) is 4.72 Å². The van der Waals surface area contributed by atoms with Crippen LogP contribution in [-0.2, 0) is 6.54 Å². The summed E-state index contributed by atoms with van der Waals surface area (Å²) in [6, 6.07) is 12.9. The minimum Gasteiger partial charge on any atom is -0.255 e. The van der Waals surface area contributed by atoms with Crippen molar-refractivity contribution in [3.8, 4) is 0 Å². The molecule has 64 valence electrons. The average Bonchev–Trinajstić information content (AvgIpc) is 2.65. The fourth-order valence-corrected chi connectivity index (χ4v) is 2.59. The summed E-state index contributed by atoms with van der Waals surface area (Å²) < 4.78 is 3.30. The highest BCUT2D eigenvalue weighted by Crippen LogP contribution is 2.32. The van der Waals surface area contributed by atoms with E-state index >= 15 is 0 Å². The molecule has 1 aliphatic heterocycles. The second kappa shape index (κ2) is 2.76. The van der Waals surface area contributed by atoms with E-state index in [1.54, 1.807) is 11.9 Å². The molecular weight excluding hydrogens is 178 g/mol. The predicted octanol–water partition coefficient (Wildman–Crippen LogP) is 2.95. The molecule has 0 aliphatic carbocycles. The van der Waals surface area contributed by atoms with Crippen molar-refractivity contribution in [3.63, 3.8) is 0 Å². The molecule has 0 atom stereocenters. The van der Waals surface area contributed by atoms with Crippen LogP contribution < -0.4 is 4.72 Å². The zero-order valence-electron chi connectivity index (χ0n) is 7.08. The normalized spacial score (nSPS) is 14.8. The van der Waals surface area contributed by atoms with Crippen LogP contribution >= 0.6 is 11.9 Å². The second-order valence-electron chi connectivity index (χ2n) is 3.19.